The van der Waals surface area contributed by atoms with Gasteiger partial charge in [-0.25, -0.2) is 12.8 Å². The molecule has 0 aromatic heterocycles. The molecule has 3 aromatic carbocycles. The zero-order valence-corrected chi connectivity index (χ0v) is 25.6. The Morgan fingerprint density at radius 2 is 1.60 bits per heavy atom. The number of benzene rings is 3. The van der Waals surface area contributed by atoms with E-state index in [0.717, 1.165) is 9.87 Å². The van der Waals surface area contributed by atoms with Crippen molar-refractivity contribution < 1.29 is 31.9 Å². The number of nitrogens with one attached hydrogen (secondary N) is 1. The molecule has 11 heteroatoms. The van der Waals surface area contributed by atoms with Gasteiger partial charge < -0.3 is 19.7 Å². The lowest BCUT2D eigenvalue weighted by atomic mass is 10.1. The Hall–Kier alpha value is -4.12. The average molecular weight is 600 g/mol. The third-order valence-corrected chi connectivity index (χ3v) is 8.40. The molecule has 1 atom stereocenters. The molecule has 1 unspecified atom stereocenters. The van der Waals surface area contributed by atoms with Crippen LogP contribution in [-0.4, -0.2) is 58.0 Å². The van der Waals surface area contributed by atoms with Gasteiger partial charge in [0.25, 0.3) is 10.0 Å². The highest BCUT2D eigenvalue weighted by atomic mass is 32.2. The van der Waals surface area contributed by atoms with Crippen LogP contribution in [0.15, 0.2) is 71.6 Å². The van der Waals surface area contributed by atoms with E-state index in [2.05, 4.69) is 5.32 Å². The van der Waals surface area contributed by atoms with Gasteiger partial charge in [-0.05, 0) is 69.2 Å². The number of anilines is 1. The highest BCUT2D eigenvalue weighted by Gasteiger charge is 2.35. The summed E-state index contributed by atoms with van der Waals surface area (Å²) in [5, 5.41) is 2.84. The Kier molecular flexibility index (Phi) is 10.9. The van der Waals surface area contributed by atoms with E-state index in [-0.39, 0.29) is 41.2 Å². The van der Waals surface area contributed by atoms with Crippen LogP contribution < -0.4 is 19.1 Å². The van der Waals surface area contributed by atoms with E-state index < -0.39 is 34.3 Å². The SMILES string of the molecule is CCC(C(=O)NC(C)C)N(Cc1ccc(F)cc1)C(=O)CN(c1cc(OC)ccc1OC)S(=O)(=O)c1ccc(C)cc1. The summed E-state index contributed by atoms with van der Waals surface area (Å²) in [7, 11) is -1.47. The molecule has 0 saturated heterocycles. The van der Waals surface area contributed by atoms with Crippen molar-refractivity contribution in [1.29, 1.82) is 0 Å². The molecule has 0 spiro atoms. The molecule has 1 N–H and O–H groups in total. The van der Waals surface area contributed by atoms with Crippen molar-refractivity contribution in [3.8, 4) is 11.5 Å². The molecule has 3 rings (SSSR count). The Balaban J connectivity index is 2.15. The molecule has 0 saturated carbocycles. The molecular weight excluding hydrogens is 561 g/mol. The van der Waals surface area contributed by atoms with Crippen LogP contribution in [0.2, 0.25) is 0 Å². The summed E-state index contributed by atoms with van der Waals surface area (Å²) in [5.41, 5.74) is 1.53. The van der Waals surface area contributed by atoms with Crippen LogP contribution in [-0.2, 0) is 26.2 Å². The number of amides is 2. The van der Waals surface area contributed by atoms with Crippen molar-refractivity contribution in [2.24, 2.45) is 0 Å². The molecule has 0 aliphatic rings. The van der Waals surface area contributed by atoms with Crippen LogP contribution >= 0.6 is 0 Å². The predicted octanol–water partition coefficient (Wildman–Crippen LogP) is 4.68. The molecule has 0 heterocycles. The summed E-state index contributed by atoms with van der Waals surface area (Å²) in [6.07, 6.45) is 0.263. The molecule has 9 nitrogen and oxygen atoms in total. The third-order valence-electron chi connectivity index (χ3n) is 6.63. The standard InChI is InChI=1S/C31H38FN3O6S/c1-7-27(31(37)33-21(2)3)34(19-23-10-12-24(32)13-11-23)30(36)20-35(28-18-25(40-5)14-17-29(28)41-6)42(38,39)26-15-8-22(4)9-16-26/h8-18,21,27H,7,19-20H2,1-6H3,(H,33,37). The highest BCUT2D eigenvalue weighted by Crippen LogP contribution is 2.36. The Labute approximate surface area is 247 Å². The van der Waals surface area contributed by atoms with E-state index >= 15 is 0 Å². The number of carbonyl (C=O) groups excluding carboxylic acids is 2. The second kappa shape index (κ2) is 14.2. The molecule has 0 aliphatic carbocycles. The van der Waals surface area contributed by atoms with Crippen molar-refractivity contribution in [3.63, 3.8) is 0 Å². The Bertz CT molecular complexity index is 1480. The van der Waals surface area contributed by atoms with Gasteiger partial charge in [0.05, 0.1) is 24.8 Å². The summed E-state index contributed by atoms with van der Waals surface area (Å²) in [6.45, 7) is 6.53. The maximum atomic E-state index is 14.2. The molecule has 0 fully saturated rings. The summed E-state index contributed by atoms with van der Waals surface area (Å²) in [6, 6.07) is 15.4. The van der Waals surface area contributed by atoms with Gasteiger partial charge in [-0.2, -0.15) is 0 Å². The number of aryl methyl sites for hydroxylation is 1. The first-order valence-electron chi connectivity index (χ1n) is 13.6. The van der Waals surface area contributed by atoms with Crippen LogP contribution in [0.1, 0.15) is 38.3 Å². The van der Waals surface area contributed by atoms with Gasteiger partial charge in [0.15, 0.2) is 0 Å². The number of rotatable bonds is 13. The quantitative estimate of drug-likeness (QED) is 0.306. The summed E-state index contributed by atoms with van der Waals surface area (Å²) in [5.74, 6) is -0.899. The first-order valence-corrected chi connectivity index (χ1v) is 15.0. The lowest BCUT2D eigenvalue weighted by Gasteiger charge is -2.34. The first-order chi connectivity index (χ1) is 19.9. The fourth-order valence-electron chi connectivity index (χ4n) is 4.43. The van der Waals surface area contributed by atoms with Crippen LogP contribution in [0.25, 0.3) is 0 Å². The smallest absolute Gasteiger partial charge is 0.264 e. The van der Waals surface area contributed by atoms with E-state index in [9.17, 15) is 22.4 Å². The highest BCUT2D eigenvalue weighted by molar-refractivity contribution is 7.92. The van der Waals surface area contributed by atoms with Crippen molar-refractivity contribution >= 4 is 27.5 Å². The van der Waals surface area contributed by atoms with E-state index in [4.69, 9.17) is 9.47 Å². The minimum absolute atomic E-state index is 0.0274. The van der Waals surface area contributed by atoms with Crippen molar-refractivity contribution in [1.82, 2.24) is 10.2 Å². The molecule has 42 heavy (non-hydrogen) atoms. The number of ether oxygens (including phenoxy) is 2. The number of methoxy groups -OCH3 is 2. The third kappa shape index (κ3) is 7.79. The molecular formula is C31H38FN3O6S. The zero-order chi connectivity index (χ0) is 31.0. The second-order valence-corrected chi connectivity index (χ2v) is 12.0. The predicted molar refractivity (Wildman–Crippen MR) is 160 cm³/mol. The zero-order valence-electron chi connectivity index (χ0n) is 24.8. The monoisotopic (exact) mass is 599 g/mol. The molecule has 0 radical (unpaired) electrons. The number of carbonyl (C=O) groups is 2. The summed E-state index contributed by atoms with van der Waals surface area (Å²) in [4.78, 5) is 28.7. The molecule has 0 aliphatic heterocycles. The van der Waals surface area contributed by atoms with E-state index in [0.29, 0.717) is 11.3 Å². The number of hydrogen-bond acceptors (Lipinski definition) is 6. The van der Waals surface area contributed by atoms with Crippen LogP contribution in [0.4, 0.5) is 10.1 Å². The lowest BCUT2D eigenvalue weighted by Crippen LogP contribution is -2.53. The minimum atomic E-state index is -4.31. The minimum Gasteiger partial charge on any atom is -0.497 e. The molecule has 3 aromatic rings. The second-order valence-electron chi connectivity index (χ2n) is 10.1. The summed E-state index contributed by atoms with van der Waals surface area (Å²) < 4.78 is 53.7. The van der Waals surface area contributed by atoms with Gasteiger partial charge >= 0.3 is 0 Å². The van der Waals surface area contributed by atoms with Gasteiger partial charge in [-0.3, -0.25) is 13.9 Å². The normalized spacial score (nSPS) is 12.0. The number of hydrogen-bond donors (Lipinski definition) is 1. The van der Waals surface area contributed by atoms with Crippen LogP contribution in [0, 0.1) is 12.7 Å². The van der Waals surface area contributed by atoms with Crippen molar-refractivity contribution in [2.75, 3.05) is 25.1 Å². The first kappa shape index (κ1) is 32.4. The lowest BCUT2D eigenvalue weighted by molar-refractivity contribution is -0.140. The maximum absolute atomic E-state index is 14.2. The largest absolute Gasteiger partial charge is 0.497 e. The van der Waals surface area contributed by atoms with Crippen LogP contribution in [0.3, 0.4) is 0 Å². The topological polar surface area (TPSA) is 105 Å². The number of sulfonamides is 1. The van der Waals surface area contributed by atoms with Crippen LogP contribution in [0.5, 0.6) is 11.5 Å². The fourth-order valence-corrected chi connectivity index (χ4v) is 5.85. The summed E-state index contributed by atoms with van der Waals surface area (Å²) >= 11 is 0. The van der Waals surface area contributed by atoms with Gasteiger partial charge in [-0.1, -0.05) is 36.8 Å². The molecule has 226 valence electrons. The molecule has 2 amide bonds. The Morgan fingerprint density at radius 3 is 2.14 bits per heavy atom. The van der Waals surface area contributed by atoms with Gasteiger partial charge in [-0.15, -0.1) is 0 Å². The van der Waals surface area contributed by atoms with Crippen molar-refractivity contribution in [3.05, 3.63) is 83.7 Å². The molecule has 0 bridgehead atoms. The number of halogens is 1. The fraction of sp³-hybridized carbons (Fsp3) is 0.355. The number of nitrogens with zero attached hydrogens (tertiary/aromatic N) is 2. The van der Waals surface area contributed by atoms with Gasteiger partial charge in [0, 0.05) is 18.7 Å². The van der Waals surface area contributed by atoms with E-state index in [1.165, 1.54) is 61.6 Å². The van der Waals surface area contributed by atoms with Crippen molar-refractivity contribution in [2.45, 2.75) is 57.6 Å². The average Bonchev–Trinajstić information content (AvgIpc) is 2.96. The van der Waals surface area contributed by atoms with Gasteiger partial charge in [0.2, 0.25) is 11.8 Å². The van der Waals surface area contributed by atoms with E-state index in [1.807, 2.05) is 20.8 Å². The maximum Gasteiger partial charge on any atom is 0.264 e. The Morgan fingerprint density at radius 1 is 0.952 bits per heavy atom. The van der Waals surface area contributed by atoms with E-state index in [1.54, 1.807) is 31.2 Å². The van der Waals surface area contributed by atoms with Gasteiger partial charge in [0.1, 0.15) is 29.9 Å².